The van der Waals surface area contributed by atoms with Crippen molar-refractivity contribution in [2.45, 2.75) is 32.5 Å². The molecule has 28 heavy (non-hydrogen) atoms. The van der Waals surface area contributed by atoms with Crippen molar-refractivity contribution in [3.8, 4) is 11.5 Å². The van der Waals surface area contributed by atoms with E-state index in [-0.39, 0.29) is 24.0 Å². The molecule has 1 aliphatic heterocycles. The number of nitrogens with zero attached hydrogens (tertiary/aromatic N) is 3. The van der Waals surface area contributed by atoms with E-state index in [0.717, 1.165) is 43.5 Å². The van der Waals surface area contributed by atoms with Crippen molar-refractivity contribution in [1.29, 1.82) is 0 Å². The zero-order valence-corrected chi connectivity index (χ0v) is 19.1. The first kappa shape index (κ1) is 22.6. The monoisotopic (exact) mass is 499 g/mol. The maximum atomic E-state index is 5.58. The van der Waals surface area contributed by atoms with Crippen molar-refractivity contribution < 1.29 is 9.15 Å². The van der Waals surface area contributed by atoms with E-state index in [1.165, 1.54) is 0 Å². The van der Waals surface area contributed by atoms with Gasteiger partial charge in [-0.1, -0.05) is 18.2 Å². The van der Waals surface area contributed by atoms with Crippen molar-refractivity contribution >= 4 is 29.9 Å². The third-order valence-electron chi connectivity index (χ3n) is 4.78. The molecule has 8 heteroatoms. The zero-order chi connectivity index (χ0) is 19.1. The van der Waals surface area contributed by atoms with Crippen molar-refractivity contribution in [2.24, 2.45) is 4.99 Å². The molecule has 3 rings (SSSR count). The Balaban J connectivity index is 0.00000280. The van der Waals surface area contributed by atoms with Crippen LogP contribution >= 0.6 is 24.0 Å². The molecule has 1 aromatic heterocycles. The van der Waals surface area contributed by atoms with Crippen LogP contribution in [0.15, 0.2) is 46.0 Å². The Hall–Kier alpha value is -1.65. The molecule has 0 amide bonds. The maximum absolute atomic E-state index is 5.58. The number of aromatic nitrogens is 1. The smallest absolute Gasteiger partial charge is 0.226 e. The van der Waals surface area contributed by atoms with Gasteiger partial charge in [-0.3, -0.25) is 9.89 Å². The Labute approximate surface area is 184 Å². The highest BCUT2D eigenvalue weighted by molar-refractivity contribution is 14.0. The normalized spacial score (nSPS) is 19.0. The van der Waals surface area contributed by atoms with Crippen LogP contribution in [-0.4, -0.2) is 61.3 Å². The number of morpholine rings is 1. The number of halogens is 1. The maximum Gasteiger partial charge on any atom is 0.226 e. The lowest BCUT2D eigenvalue weighted by Gasteiger charge is -2.38. The lowest BCUT2D eigenvalue weighted by Crippen LogP contribution is -2.52. The van der Waals surface area contributed by atoms with Gasteiger partial charge in [-0.2, -0.15) is 0 Å². The van der Waals surface area contributed by atoms with Crippen LogP contribution in [0.4, 0.5) is 0 Å². The summed E-state index contributed by atoms with van der Waals surface area (Å²) < 4.78 is 11.1. The number of hydrogen-bond acceptors (Lipinski definition) is 5. The SMILES string of the molecule is CN=C(NCc1coc(-c2ccccc2)n1)NCC(C)N1CCOCC1C.I. The molecule has 1 saturated heterocycles. The summed E-state index contributed by atoms with van der Waals surface area (Å²) >= 11 is 0. The van der Waals surface area contributed by atoms with E-state index in [4.69, 9.17) is 9.15 Å². The second kappa shape index (κ2) is 11.4. The Morgan fingerprint density at radius 1 is 1.32 bits per heavy atom. The number of benzene rings is 1. The van der Waals surface area contributed by atoms with Gasteiger partial charge in [-0.15, -0.1) is 24.0 Å². The molecular weight excluding hydrogens is 469 g/mol. The molecule has 2 N–H and O–H groups in total. The molecule has 0 aliphatic carbocycles. The van der Waals surface area contributed by atoms with Crippen LogP contribution in [0, 0.1) is 0 Å². The van der Waals surface area contributed by atoms with Gasteiger partial charge in [0, 0.05) is 37.8 Å². The van der Waals surface area contributed by atoms with Crippen LogP contribution < -0.4 is 10.6 Å². The summed E-state index contributed by atoms with van der Waals surface area (Å²) in [5.74, 6) is 1.39. The largest absolute Gasteiger partial charge is 0.444 e. The van der Waals surface area contributed by atoms with Crippen molar-refractivity contribution in [3.05, 3.63) is 42.3 Å². The highest BCUT2D eigenvalue weighted by Crippen LogP contribution is 2.17. The van der Waals surface area contributed by atoms with Gasteiger partial charge in [0.1, 0.15) is 6.26 Å². The second-order valence-corrected chi connectivity index (χ2v) is 6.83. The standard InChI is InChI=1S/C20H29N5O2.HI/c1-15(25-9-10-26-13-16(25)2)11-22-20(21-3)23-12-18-14-27-19(24-18)17-7-5-4-6-8-17;/h4-8,14-16H,9-13H2,1-3H3,(H2,21,22,23);1H. The summed E-state index contributed by atoms with van der Waals surface area (Å²) in [7, 11) is 1.77. The molecule has 0 bridgehead atoms. The van der Waals surface area contributed by atoms with Crippen LogP contribution in [0.1, 0.15) is 19.5 Å². The Kier molecular flexibility index (Phi) is 9.20. The van der Waals surface area contributed by atoms with Crippen LogP contribution in [0.2, 0.25) is 0 Å². The first-order valence-corrected chi connectivity index (χ1v) is 9.45. The highest BCUT2D eigenvalue weighted by atomic mass is 127. The van der Waals surface area contributed by atoms with Gasteiger partial charge < -0.3 is 19.8 Å². The van der Waals surface area contributed by atoms with Gasteiger partial charge in [-0.05, 0) is 26.0 Å². The fourth-order valence-electron chi connectivity index (χ4n) is 3.25. The molecule has 1 aromatic carbocycles. The lowest BCUT2D eigenvalue weighted by atomic mass is 10.2. The summed E-state index contributed by atoms with van der Waals surface area (Å²) in [6.45, 7) is 8.38. The quantitative estimate of drug-likeness (QED) is 0.362. The number of oxazole rings is 1. The molecule has 2 heterocycles. The van der Waals surface area contributed by atoms with Crippen LogP contribution in [0.5, 0.6) is 0 Å². The van der Waals surface area contributed by atoms with Gasteiger partial charge in [0.15, 0.2) is 5.96 Å². The summed E-state index contributed by atoms with van der Waals surface area (Å²) in [5, 5.41) is 6.69. The van der Waals surface area contributed by atoms with Crippen molar-refractivity contribution in [2.75, 3.05) is 33.4 Å². The molecule has 0 saturated carbocycles. The molecule has 1 fully saturated rings. The molecule has 0 spiro atoms. The number of hydrogen-bond donors (Lipinski definition) is 2. The van der Waals surface area contributed by atoms with E-state index in [0.29, 0.717) is 24.5 Å². The van der Waals surface area contributed by atoms with E-state index in [9.17, 15) is 0 Å². The summed E-state index contributed by atoms with van der Waals surface area (Å²) in [6.07, 6.45) is 1.68. The predicted molar refractivity (Wildman–Crippen MR) is 122 cm³/mol. The predicted octanol–water partition coefficient (Wildman–Crippen LogP) is 2.73. The first-order chi connectivity index (χ1) is 13.2. The van der Waals surface area contributed by atoms with Crippen molar-refractivity contribution in [3.63, 3.8) is 0 Å². The molecule has 1 aliphatic rings. The van der Waals surface area contributed by atoms with Gasteiger partial charge in [0.05, 0.1) is 25.5 Å². The van der Waals surface area contributed by atoms with Crippen LogP contribution in [-0.2, 0) is 11.3 Å². The number of ether oxygens (including phenoxy) is 1. The second-order valence-electron chi connectivity index (χ2n) is 6.83. The first-order valence-electron chi connectivity index (χ1n) is 9.45. The van der Waals surface area contributed by atoms with Gasteiger partial charge in [0.25, 0.3) is 0 Å². The topological polar surface area (TPSA) is 74.9 Å². The third kappa shape index (κ3) is 6.18. The zero-order valence-electron chi connectivity index (χ0n) is 16.7. The van der Waals surface area contributed by atoms with Crippen molar-refractivity contribution in [1.82, 2.24) is 20.5 Å². The van der Waals surface area contributed by atoms with E-state index in [1.807, 2.05) is 30.3 Å². The third-order valence-corrected chi connectivity index (χ3v) is 4.78. The van der Waals surface area contributed by atoms with Crippen LogP contribution in [0.25, 0.3) is 11.5 Å². The fraction of sp³-hybridized carbons (Fsp3) is 0.500. The average molecular weight is 499 g/mol. The minimum atomic E-state index is 0. The highest BCUT2D eigenvalue weighted by Gasteiger charge is 2.23. The van der Waals surface area contributed by atoms with Crippen LogP contribution in [0.3, 0.4) is 0 Å². The molecule has 2 atom stereocenters. The number of guanidine groups is 1. The number of rotatable bonds is 6. The summed E-state index contributed by atoms with van der Waals surface area (Å²) in [4.78, 5) is 11.3. The number of aliphatic imine (C=N–C) groups is 1. The molecule has 154 valence electrons. The van der Waals surface area contributed by atoms with Gasteiger partial charge in [-0.25, -0.2) is 4.98 Å². The Morgan fingerprint density at radius 2 is 2.11 bits per heavy atom. The molecule has 2 aromatic rings. The Bertz CT molecular complexity index is 737. The fourth-order valence-corrected chi connectivity index (χ4v) is 3.25. The minimum Gasteiger partial charge on any atom is -0.444 e. The van der Waals surface area contributed by atoms with E-state index in [1.54, 1.807) is 13.3 Å². The molecule has 7 nitrogen and oxygen atoms in total. The summed E-state index contributed by atoms with van der Waals surface area (Å²) in [6, 6.07) is 10.7. The van der Waals surface area contributed by atoms with Gasteiger partial charge in [0.2, 0.25) is 5.89 Å². The van der Waals surface area contributed by atoms with E-state index >= 15 is 0 Å². The average Bonchev–Trinajstić information content (AvgIpc) is 3.18. The number of nitrogens with one attached hydrogen (secondary N) is 2. The molecule has 0 radical (unpaired) electrons. The summed E-state index contributed by atoms with van der Waals surface area (Å²) in [5.41, 5.74) is 1.81. The van der Waals surface area contributed by atoms with Gasteiger partial charge >= 0.3 is 0 Å². The lowest BCUT2D eigenvalue weighted by molar-refractivity contribution is -0.0174. The Morgan fingerprint density at radius 3 is 2.82 bits per heavy atom. The molecule has 2 unspecified atom stereocenters. The minimum absolute atomic E-state index is 0. The molecular formula is C20H30IN5O2. The van der Waals surface area contributed by atoms with E-state index in [2.05, 4.69) is 39.4 Å². The van der Waals surface area contributed by atoms with E-state index < -0.39 is 0 Å².